The number of nitrogens with zero attached hydrogens (tertiary/aromatic N) is 4. The molecule has 3 heterocycles. The summed E-state index contributed by atoms with van der Waals surface area (Å²) in [6.07, 6.45) is 4.74. The number of anilines is 2. The number of pyridine rings is 1. The number of nitrogens with one attached hydrogen (secondary N) is 2. The van der Waals surface area contributed by atoms with Crippen molar-refractivity contribution in [2.75, 3.05) is 56.2 Å². The molecule has 290 valence electrons. The Kier molecular flexibility index (Phi) is 12.1. The van der Waals surface area contributed by atoms with Crippen LogP contribution in [0.4, 0.5) is 17.1 Å². The number of aromatic nitrogens is 1. The van der Waals surface area contributed by atoms with Gasteiger partial charge in [0.15, 0.2) is 0 Å². The summed E-state index contributed by atoms with van der Waals surface area (Å²) in [5, 5.41) is 15.8. The van der Waals surface area contributed by atoms with Crippen molar-refractivity contribution < 1.29 is 27.6 Å². The first kappa shape index (κ1) is 38.7. The van der Waals surface area contributed by atoms with Crippen LogP contribution < -0.4 is 19.7 Å². The minimum atomic E-state index is -4.53. The number of rotatable bonds is 13. The summed E-state index contributed by atoms with van der Waals surface area (Å²) >= 11 is 6.14. The fourth-order valence-electron chi connectivity index (χ4n) is 6.91. The fourth-order valence-corrected chi connectivity index (χ4v) is 8.02. The van der Waals surface area contributed by atoms with Crippen LogP contribution in [0.25, 0.3) is 11.1 Å². The molecule has 56 heavy (non-hydrogen) atoms. The molecule has 0 saturated carbocycles. The molecule has 2 fully saturated rings. The van der Waals surface area contributed by atoms with Gasteiger partial charge in [-0.2, -0.15) is 0 Å². The molecule has 0 atom stereocenters. The third kappa shape index (κ3) is 9.45. The molecule has 15 heteroatoms. The van der Waals surface area contributed by atoms with E-state index in [2.05, 4.69) is 37.0 Å². The second-order valence-corrected chi connectivity index (χ2v) is 15.8. The molecule has 0 spiro atoms. The summed E-state index contributed by atoms with van der Waals surface area (Å²) in [6.45, 7) is 5.49. The fraction of sp³-hybridized carbons (Fsp3) is 0.268. The highest BCUT2D eigenvalue weighted by atomic mass is 35.5. The lowest BCUT2D eigenvalue weighted by Gasteiger charge is -2.36. The Balaban J connectivity index is 1.06. The van der Waals surface area contributed by atoms with Gasteiger partial charge < -0.3 is 19.7 Å². The van der Waals surface area contributed by atoms with Crippen LogP contribution in [0.5, 0.6) is 11.5 Å². The van der Waals surface area contributed by atoms with Crippen LogP contribution in [0.15, 0.2) is 114 Å². The Labute approximate surface area is 330 Å². The molecule has 1 aromatic heterocycles. The highest BCUT2D eigenvalue weighted by Gasteiger charge is 2.27. The SMILES string of the molecule is O=C(NS(=O)(=O)c1ccc(NCC2CCOCC2)c([N+](=O)[O-])c1)c1ccc(N2CCN(Cc3ccccc3-c3ccc(Cl)cc3)CC2)cc1Oc1ccncc1. The lowest BCUT2D eigenvalue weighted by Crippen LogP contribution is -2.46. The predicted molar refractivity (Wildman–Crippen MR) is 215 cm³/mol. The first-order chi connectivity index (χ1) is 27.1. The summed E-state index contributed by atoms with van der Waals surface area (Å²) in [5.41, 5.74) is 4.03. The predicted octanol–water partition coefficient (Wildman–Crippen LogP) is 7.38. The van der Waals surface area contributed by atoms with Crippen LogP contribution >= 0.6 is 11.6 Å². The topological polar surface area (TPSA) is 156 Å². The molecule has 2 aliphatic heterocycles. The van der Waals surface area contributed by atoms with E-state index < -0.39 is 31.4 Å². The van der Waals surface area contributed by atoms with E-state index in [0.717, 1.165) is 55.4 Å². The number of nitro groups is 1. The maximum Gasteiger partial charge on any atom is 0.293 e. The zero-order valence-corrected chi connectivity index (χ0v) is 32.0. The molecule has 2 N–H and O–H groups in total. The van der Waals surface area contributed by atoms with Crippen LogP contribution in [0.1, 0.15) is 28.8 Å². The van der Waals surface area contributed by atoms with Crippen molar-refractivity contribution in [3.05, 3.63) is 136 Å². The minimum absolute atomic E-state index is 0.0316. The summed E-state index contributed by atoms with van der Waals surface area (Å²) in [5.74, 6) is -0.133. The zero-order valence-electron chi connectivity index (χ0n) is 30.5. The minimum Gasteiger partial charge on any atom is -0.456 e. The number of nitro benzene ring substituents is 1. The van der Waals surface area contributed by atoms with E-state index in [-0.39, 0.29) is 22.9 Å². The molecule has 0 unspecified atom stereocenters. The summed E-state index contributed by atoms with van der Waals surface area (Å²) in [7, 11) is -4.53. The number of hydrogen-bond donors (Lipinski definition) is 2. The van der Waals surface area contributed by atoms with Crippen LogP contribution in [0.3, 0.4) is 0 Å². The number of benzene rings is 4. The third-order valence-electron chi connectivity index (χ3n) is 10.0. The van der Waals surface area contributed by atoms with Gasteiger partial charge in [0.25, 0.3) is 21.6 Å². The van der Waals surface area contributed by atoms with Gasteiger partial charge in [0.2, 0.25) is 0 Å². The first-order valence-electron chi connectivity index (χ1n) is 18.3. The van der Waals surface area contributed by atoms with Crippen molar-refractivity contribution in [3.63, 3.8) is 0 Å². The van der Waals surface area contributed by atoms with Crippen molar-refractivity contribution >= 4 is 44.6 Å². The van der Waals surface area contributed by atoms with Gasteiger partial charge in [-0.3, -0.25) is 24.8 Å². The monoisotopic (exact) mass is 796 g/mol. The third-order valence-corrected chi connectivity index (χ3v) is 11.6. The van der Waals surface area contributed by atoms with Crippen LogP contribution in [-0.4, -0.2) is 75.1 Å². The molecule has 1 amide bonds. The largest absolute Gasteiger partial charge is 0.456 e. The number of piperazine rings is 1. The van der Waals surface area contributed by atoms with Gasteiger partial charge in [0, 0.05) is 87.7 Å². The lowest BCUT2D eigenvalue weighted by atomic mass is 9.99. The summed E-state index contributed by atoms with van der Waals surface area (Å²) in [6, 6.07) is 28.0. The number of carbonyl (C=O) groups excluding carboxylic acids is 1. The molecule has 4 aromatic carbocycles. The quantitative estimate of drug-likeness (QED) is 0.0906. The average molecular weight is 797 g/mol. The van der Waals surface area contributed by atoms with Gasteiger partial charge in [-0.15, -0.1) is 0 Å². The molecule has 0 radical (unpaired) electrons. The average Bonchev–Trinajstić information content (AvgIpc) is 3.21. The standard InChI is InChI=1S/C41H41ClN6O7S/c42-32-7-5-30(6-8-32)36-4-2-1-3-31(36)28-46-19-21-47(22-20-46)33-9-11-37(40(25-33)55-34-13-17-43-18-14-34)41(49)45-56(52,53)35-10-12-38(39(26-35)48(50)51)44-27-29-15-23-54-24-16-29/h1-14,17-18,25-26,29,44H,15-16,19-24,27-28H2,(H,45,49). The Bertz CT molecular complexity index is 2280. The van der Waals surface area contributed by atoms with E-state index >= 15 is 0 Å². The molecule has 0 aliphatic carbocycles. The maximum absolute atomic E-state index is 13.7. The van der Waals surface area contributed by atoms with E-state index in [1.165, 1.54) is 23.8 Å². The first-order valence-corrected chi connectivity index (χ1v) is 20.2. The molecule has 13 nitrogen and oxygen atoms in total. The molecule has 7 rings (SSSR count). The van der Waals surface area contributed by atoms with Gasteiger partial charge in [-0.1, -0.05) is 48.0 Å². The van der Waals surface area contributed by atoms with Crippen LogP contribution in [-0.2, 0) is 21.3 Å². The van der Waals surface area contributed by atoms with Gasteiger partial charge in [0.1, 0.15) is 17.2 Å². The molecule has 0 bridgehead atoms. The van der Waals surface area contributed by atoms with E-state index in [1.54, 1.807) is 36.7 Å². The van der Waals surface area contributed by atoms with E-state index in [9.17, 15) is 23.3 Å². The number of amides is 1. The van der Waals surface area contributed by atoms with E-state index in [4.69, 9.17) is 21.1 Å². The van der Waals surface area contributed by atoms with Crippen molar-refractivity contribution in [2.45, 2.75) is 24.3 Å². The van der Waals surface area contributed by atoms with Crippen molar-refractivity contribution in [3.8, 4) is 22.6 Å². The normalized spacial score (nSPS) is 15.3. The molecule has 2 aliphatic rings. The zero-order chi connectivity index (χ0) is 39.1. The molecule has 5 aromatic rings. The van der Waals surface area contributed by atoms with E-state index in [0.29, 0.717) is 43.6 Å². The second kappa shape index (κ2) is 17.5. The number of carbonyl (C=O) groups is 1. The van der Waals surface area contributed by atoms with Gasteiger partial charge in [-0.05, 0) is 84.0 Å². The number of halogens is 1. The highest BCUT2D eigenvalue weighted by Crippen LogP contribution is 2.33. The lowest BCUT2D eigenvalue weighted by molar-refractivity contribution is -0.384. The second-order valence-electron chi connectivity index (χ2n) is 13.7. The van der Waals surface area contributed by atoms with Crippen molar-refractivity contribution in [2.24, 2.45) is 5.92 Å². The van der Waals surface area contributed by atoms with Crippen molar-refractivity contribution in [1.29, 1.82) is 0 Å². The Hall–Kier alpha value is -5.54. The number of hydrogen-bond acceptors (Lipinski definition) is 11. The Morgan fingerprint density at radius 2 is 1.66 bits per heavy atom. The Morgan fingerprint density at radius 1 is 0.929 bits per heavy atom. The smallest absolute Gasteiger partial charge is 0.293 e. The molecule has 2 saturated heterocycles. The van der Waals surface area contributed by atoms with Gasteiger partial charge in [-0.25, -0.2) is 13.1 Å². The number of sulfonamides is 1. The van der Waals surface area contributed by atoms with Crippen LogP contribution in [0.2, 0.25) is 5.02 Å². The summed E-state index contributed by atoms with van der Waals surface area (Å²) in [4.78, 5) is 33.2. The van der Waals surface area contributed by atoms with E-state index in [1.807, 2.05) is 36.4 Å². The Morgan fingerprint density at radius 3 is 2.39 bits per heavy atom. The number of ether oxygens (including phenoxy) is 2. The summed E-state index contributed by atoms with van der Waals surface area (Å²) < 4.78 is 40.6. The highest BCUT2D eigenvalue weighted by molar-refractivity contribution is 7.90. The van der Waals surface area contributed by atoms with Crippen LogP contribution in [0, 0.1) is 16.0 Å². The van der Waals surface area contributed by atoms with Gasteiger partial charge >= 0.3 is 0 Å². The maximum atomic E-state index is 13.7. The molecular formula is C41H41ClN6O7S. The van der Waals surface area contributed by atoms with Crippen molar-refractivity contribution in [1.82, 2.24) is 14.6 Å². The molecular weight excluding hydrogens is 756 g/mol. The van der Waals surface area contributed by atoms with Gasteiger partial charge in [0.05, 0.1) is 15.4 Å².